The van der Waals surface area contributed by atoms with Gasteiger partial charge < -0.3 is 10.6 Å². The fraction of sp³-hybridized carbons (Fsp3) is 0.571. The van der Waals surface area contributed by atoms with Gasteiger partial charge in [0.15, 0.2) is 0 Å². The minimum atomic E-state index is -0.208. The van der Waals surface area contributed by atoms with E-state index in [2.05, 4.69) is 25.7 Å². The van der Waals surface area contributed by atoms with Crippen molar-refractivity contribution in [3.05, 3.63) is 30.1 Å². The fourth-order valence-electron chi connectivity index (χ4n) is 1.99. The number of likely N-dealkylation sites (N-methyl/N-ethyl adjacent to an activating group) is 1. The van der Waals surface area contributed by atoms with Crippen LogP contribution < -0.4 is 10.6 Å². The molecule has 1 aromatic carbocycles. The molecule has 0 aliphatic heterocycles. The molecular formula is C14H23FN2. The molecule has 0 radical (unpaired) electrons. The molecular weight excluding hydrogens is 215 g/mol. The molecule has 0 saturated heterocycles. The largest absolute Gasteiger partial charge is 0.370 e. The highest BCUT2D eigenvalue weighted by atomic mass is 19.1. The van der Waals surface area contributed by atoms with Gasteiger partial charge in [0, 0.05) is 25.3 Å². The summed E-state index contributed by atoms with van der Waals surface area (Å²) in [6, 6.07) is 6.88. The third-order valence-corrected chi connectivity index (χ3v) is 2.88. The van der Waals surface area contributed by atoms with Crippen molar-refractivity contribution in [3.63, 3.8) is 0 Å². The lowest BCUT2D eigenvalue weighted by molar-refractivity contribution is 0.336. The third-order valence-electron chi connectivity index (χ3n) is 2.88. The van der Waals surface area contributed by atoms with Crippen molar-refractivity contribution in [2.75, 3.05) is 18.5 Å². The van der Waals surface area contributed by atoms with Gasteiger partial charge in [0.1, 0.15) is 5.82 Å². The highest BCUT2D eigenvalue weighted by molar-refractivity contribution is 5.46. The number of halogens is 1. The quantitative estimate of drug-likeness (QED) is 0.873. The zero-order valence-electron chi connectivity index (χ0n) is 11.2. The number of rotatable bonds is 4. The molecule has 1 rings (SSSR count). The molecule has 1 aromatic rings. The second-order valence-corrected chi connectivity index (χ2v) is 5.75. The van der Waals surface area contributed by atoms with Crippen molar-refractivity contribution in [1.82, 2.24) is 0 Å². The predicted molar refractivity (Wildman–Crippen MR) is 71.7 cm³/mol. The molecule has 0 saturated carbocycles. The van der Waals surface area contributed by atoms with E-state index in [1.807, 2.05) is 13.1 Å². The summed E-state index contributed by atoms with van der Waals surface area (Å²) in [5.41, 5.74) is 6.91. The van der Waals surface area contributed by atoms with Crippen LogP contribution in [-0.2, 0) is 0 Å². The molecule has 17 heavy (non-hydrogen) atoms. The molecule has 0 amide bonds. The van der Waals surface area contributed by atoms with E-state index in [1.165, 1.54) is 6.07 Å². The Morgan fingerprint density at radius 1 is 1.35 bits per heavy atom. The third kappa shape index (κ3) is 4.35. The van der Waals surface area contributed by atoms with E-state index in [0.717, 1.165) is 12.1 Å². The Labute approximate surface area is 104 Å². The van der Waals surface area contributed by atoms with Crippen LogP contribution in [0.25, 0.3) is 0 Å². The second kappa shape index (κ2) is 5.50. The van der Waals surface area contributed by atoms with Crippen LogP contribution in [0, 0.1) is 11.2 Å². The van der Waals surface area contributed by atoms with Crippen LogP contribution in [0.15, 0.2) is 24.3 Å². The molecule has 0 bridgehead atoms. The van der Waals surface area contributed by atoms with Crippen molar-refractivity contribution in [1.29, 1.82) is 0 Å². The SMILES string of the molecule is CN(c1cccc(F)c1)C(CN)CC(C)(C)C. The topological polar surface area (TPSA) is 29.3 Å². The van der Waals surface area contributed by atoms with Gasteiger partial charge in [0.2, 0.25) is 0 Å². The molecule has 2 N–H and O–H groups in total. The minimum absolute atomic E-state index is 0.208. The van der Waals surface area contributed by atoms with Crippen molar-refractivity contribution < 1.29 is 4.39 Å². The van der Waals surface area contributed by atoms with E-state index in [1.54, 1.807) is 12.1 Å². The second-order valence-electron chi connectivity index (χ2n) is 5.75. The predicted octanol–water partition coefficient (Wildman–Crippen LogP) is 3.03. The number of hydrogen-bond acceptors (Lipinski definition) is 2. The van der Waals surface area contributed by atoms with E-state index in [-0.39, 0.29) is 17.3 Å². The smallest absolute Gasteiger partial charge is 0.125 e. The molecule has 96 valence electrons. The van der Waals surface area contributed by atoms with Crippen LogP contribution in [0.2, 0.25) is 0 Å². The summed E-state index contributed by atoms with van der Waals surface area (Å²) < 4.78 is 13.2. The van der Waals surface area contributed by atoms with E-state index in [4.69, 9.17) is 5.73 Å². The van der Waals surface area contributed by atoms with Crippen LogP contribution in [0.4, 0.5) is 10.1 Å². The van der Waals surface area contributed by atoms with Gasteiger partial charge in [-0.2, -0.15) is 0 Å². The van der Waals surface area contributed by atoms with Crippen molar-refractivity contribution in [2.24, 2.45) is 11.1 Å². The zero-order valence-corrected chi connectivity index (χ0v) is 11.2. The first-order valence-electron chi connectivity index (χ1n) is 6.02. The van der Waals surface area contributed by atoms with Crippen LogP contribution in [-0.4, -0.2) is 19.6 Å². The van der Waals surface area contributed by atoms with Crippen LogP contribution in [0.3, 0.4) is 0 Å². The number of hydrogen-bond donors (Lipinski definition) is 1. The van der Waals surface area contributed by atoms with Crippen molar-refractivity contribution in [3.8, 4) is 0 Å². The number of nitrogens with two attached hydrogens (primary N) is 1. The molecule has 1 atom stereocenters. The lowest BCUT2D eigenvalue weighted by atomic mass is 9.87. The van der Waals surface area contributed by atoms with Crippen molar-refractivity contribution in [2.45, 2.75) is 33.2 Å². The lowest BCUT2D eigenvalue weighted by Gasteiger charge is -2.34. The van der Waals surface area contributed by atoms with Gasteiger partial charge in [0.25, 0.3) is 0 Å². The van der Waals surface area contributed by atoms with Gasteiger partial charge in [-0.3, -0.25) is 0 Å². The summed E-state index contributed by atoms with van der Waals surface area (Å²) in [5.74, 6) is -0.208. The lowest BCUT2D eigenvalue weighted by Crippen LogP contribution is -2.40. The minimum Gasteiger partial charge on any atom is -0.370 e. The Balaban J connectivity index is 2.82. The number of benzene rings is 1. The van der Waals surface area contributed by atoms with Gasteiger partial charge in [-0.15, -0.1) is 0 Å². The fourth-order valence-corrected chi connectivity index (χ4v) is 1.99. The summed E-state index contributed by atoms with van der Waals surface area (Å²) in [6.45, 7) is 7.14. The molecule has 0 heterocycles. The molecule has 2 nitrogen and oxygen atoms in total. The van der Waals surface area contributed by atoms with Gasteiger partial charge in [-0.1, -0.05) is 26.8 Å². The summed E-state index contributed by atoms with van der Waals surface area (Å²) in [5, 5.41) is 0. The Morgan fingerprint density at radius 3 is 2.47 bits per heavy atom. The summed E-state index contributed by atoms with van der Waals surface area (Å²) in [7, 11) is 1.97. The summed E-state index contributed by atoms with van der Waals surface area (Å²) in [4.78, 5) is 2.06. The molecule has 0 spiro atoms. The van der Waals surface area contributed by atoms with E-state index in [0.29, 0.717) is 6.54 Å². The first-order chi connectivity index (χ1) is 7.83. The highest BCUT2D eigenvalue weighted by Gasteiger charge is 2.21. The maximum atomic E-state index is 13.2. The first-order valence-corrected chi connectivity index (χ1v) is 6.02. The Bertz CT molecular complexity index is 357. The zero-order chi connectivity index (χ0) is 13.1. The average molecular weight is 238 g/mol. The average Bonchev–Trinajstić information content (AvgIpc) is 2.23. The van der Waals surface area contributed by atoms with Crippen LogP contribution >= 0.6 is 0 Å². The summed E-state index contributed by atoms with van der Waals surface area (Å²) in [6.07, 6.45) is 0.983. The monoisotopic (exact) mass is 238 g/mol. The number of nitrogens with zero attached hydrogens (tertiary/aromatic N) is 1. The maximum Gasteiger partial charge on any atom is 0.125 e. The summed E-state index contributed by atoms with van der Waals surface area (Å²) >= 11 is 0. The Kier molecular flexibility index (Phi) is 4.52. The van der Waals surface area contributed by atoms with Crippen molar-refractivity contribution >= 4 is 5.69 Å². The van der Waals surface area contributed by atoms with Gasteiger partial charge in [-0.05, 0) is 30.0 Å². The molecule has 0 aliphatic rings. The van der Waals surface area contributed by atoms with Gasteiger partial charge in [0.05, 0.1) is 0 Å². The Morgan fingerprint density at radius 2 is 2.00 bits per heavy atom. The molecule has 0 aromatic heterocycles. The maximum absolute atomic E-state index is 13.2. The normalized spacial score (nSPS) is 13.5. The standard InChI is InChI=1S/C14H23FN2/c1-14(2,3)9-13(10-16)17(4)12-7-5-6-11(15)8-12/h5-8,13H,9-10,16H2,1-4H3. The Hall–Kier alpha value is -1.09. The first kappa shape index (κ1) is 14.0. The van der Waals surface area contributed by atoms with E-state index < -0.39 is 0 Å². The van der Waals surface area contributed by atoms with E-state index in [9.17, 15) is 4.39 Å². The molecule has 3 heteroatoms. The van der Waals surface area contributed by atoms with Gasteiger partial charge >= 0.3 is 0 Å². The molecule has 1 unspecified atom stereocenters. The van der Waals surface area contributed by atoms with Crippen LogP contribution in [0.5, 0.6) is 0 Å². The van der Waals surface area contributed by atoms with E-state index >= 15 is 0 Å². The molecule has 0 fully saturated rings. The number of anilines is 1. The van der Waals surface area contributed by atoms with Gasteiger partial charge in [-0.25, -0.2) is 4.39 Å². The van der Waals surface area contributed by atoms with Crippen LogP contribution in [0.1, 0.15) is 27.2 Å². The highest BCUT2D eigenvalue weighted by Crippen LogP contribution is 2.25. The molecule has 0 aliphatic carbocycles.